The summed E-state index contributed by atoms with van der Waals surface area (Å²) >= 11 is 1.34. The van der Waals surface area contributed by atoms with E-state index in [1.54, 1.807) is 6.08 Å². The second-order valence-corrected chi connectivity index (χ2v) is 5.10. The fraction of sp³-hybridized carbons (Fsp3) is 0.214. The lowest BCUT2D eigenvalue weighted by Gasteiger charge is -2.05. The zero-order valence-electron chi connectivity index (χ0n) is 11.3. The number of carbonyl (C=O) groups excluding carboxylic acids is 1. The Labute approximate surface area is 121 Å². The van der Waals surface area contributed by atoms with E-state index in [2.05, 4.69) is 15.5 Å². The van der Waals surface area contributed by atoms with Crippen LogP contribution in [-0.2, 0) is 4.79 Å². The van der Waals surface area contributed by atoms with Crippen LogP contribution in [0.2, 0.25) is 0 Å². The highest BCUT2D eigenvalue weighted by molar-refractivity contribution is 7.15. The van der Waals surface area contributed by atoms with Gasteiger partial charge in [-0.1, -0.05) is 29.5 Å². The van der Waals surface area contributed by atoms with Crippen molar-refractivity contribution < 1.29 is 9.53 Å². The monoisotopic (exact) mass is 289 g/mol. The first-order valence-corrected chi connectivity index (χ1v) is 7.01. The van der Waals surface area contributed by atoms with Crippen LogP contribution >= 0.6 is 11.3 Å². The third-order valence-electron chi connectivity index (χ3n) is 2.39. The van der Waals surface area contributed by atoms with E-state index in [-0.39, 0.29) is 5.91 Å². The number of anilines is 1. The van der Waals surface area contributed by atoms with Gasteiger partial charge in [0, 0.05) is 11.6 Å². The maximum absolute atomic E-state index is 11.8. The highest BCUT2D eigenvalue weighted by Gasteiger charge is 2.04. The van der Waals surface area contributed by atoms with Crippen molar-refractivity contribution in [3.63, 3.8) is 0 Å². The van der Waals surface area contributed by atoms with Gasteiger partial charge in [0.05, 0.1) is 6.61 Å². The maximum Gasteiger partial charge on any atom is 0.250 e. The lowest BCUT2D eigenvalue weighted by atomic mass is 10.2. The Hall–Kier alpha value is -2.21. The zero-order chi connectivity index (χ0) is 14.4. The van der Waals surface area contributed by atoms with Gasteiger partial charge in [-0.3, -0.25) is 10.1 Å². The third kappa shape index (κ3) is 3.89. The number of hydrogen-bond acceptors (Lipinski definition) is 5. The Kier molecular flexibility index (Phi) is 4.84. The Bertz CT molecular complexity index is 622. The number of benzene rings is 1. The SMILES string of the molecule is CCOc1ccccc1/C=C/C(=O)Nc1nnc(C)s1. The lowest BCUT2D eigenvalue weighted by molar-refractivity contribution is -0.111. The summed E-state index contributed by atoms with van der Waals surface area (Å²) in [6.45, 7) is 4.34. The average Bonchev–Trinajstić information content (AvgIpc) is 2.83. The molecule has 0 saturated carbocycles. The summed E-state index contributed by atoms with van der Waals surface area (Å²) in [4.78, 5) is 11.8. The van der Waals surface area contributed by atoms with E-state index >= 15 is 0 Å². The van der Waals surface area contributed by atoms with Crippen molar-refractivity contribution in [3.05, 3.63) is 40.9 Å². The molecule has 1 aromatic heterocycles. The molecule has 0 aliphatic heterocycles. The molecule has 2 aromatic rings. The number of amides is 1. The second kappa shape index (κ2) is 6.81. The number of hydrogen-bond donors (Lipinski definition) is 1. The number of aromatic nitrogens is 2. The normalized spacial score (nSPS) is 10.7. The maximum atomic E-state index is 11.8. The van der Waals surface area contributed by atoms with Gasteiger partial charge in [-0.2, -0.15) is 0 Å². The minimum Gasteiger partial charge on any atom is -0.493 e. The average molecular weight is 289 g/mol. The van der Waals surface area contributed by atoms with Gasteiger partial charge in [-0.15, -0.1) is 10.2 Å². The Morgan fingerprint density at radius 2 is 2.20 bits per heavy atom. The van der Waals surface area contributed by atoms with E-state index in [1.807, 2.05) is 38.1 Å². The summed E-state index contributed by atoms with van der Waals surface area (Å²) in [5, 5.41) is 11.6. The molecule has 104 valence electrons. The van der Waals surface area contributed by atoms with Crippen LogP contribution in [0.5, 0.6) is 5.75 Å². The number of ether oxygens (including phenoxy) is 1. The fourth-order valence-electron chi connectivity index (χ4n) is 1.56. The van der Waals surface area contributed by atoms with Gasteiger partial charge in [-0.05, 0) is 26.0 Å². The predicted octanol–water partition coefficient (Wildman–Crippen LogP) is 2.90. The van der Waals surface area contributed by atoms with Crippen LogP contribution in [-0.4, -0.2) is 22.7 Å². The number of aryl methyl sites for hydroxylation is 1. The number of para-hydroxylation sites is 1. The third-order valence-corrected chi connectivity index (χ3v) is 3.14. The molecular weight excluding hydrogens is 274 g/mol. The van der Waals surface area contributed by atoms with E-state index in [9.17, 15) is 4.79 Å². The zero-order valence-corrected chi connectivity index (χ0v) is 12.1. The fourth-order valence-corrected chi connectivity index (χ4v) is 2.16. The van der Waals surface area contributed by atoms with Gasteiger partial charge in [0.15, 0.2) is 0 Å². The van der Waals surface area contributed by atoms with E-state index < -0.39 is 0 Å². The molecule has 20 heavy (non-hydrogen) atoms. The van der Waals surface area contributed by atoms with E-state index in [1.165, 1.54) is 17.4 Å². The van der Waals surface area contributed by atoms with Crippen molar-refractivity contribution in [1.82, 2.24) is 10.2 Å². The summed E-state index contributed by atoms with van der Waals surface area (Å²) in [5.74, 6) is 0.512. The van der Waals surface area contributed by atoms with Crippen molar-refractivity contribution >= 4 is 28.5 Å². The van der Waals surface area contributed by atoms with E-state index in [0.29, 0.717) is 11.7 Å². The minimum absolute atomic E-state index is 0.243. The van der Waals surface area contributed by atoms with Crippen LogP contribution in [0.1, 0.15) is 17.5 Å². The van der Waals surface area contributed by atoms with E-state index in [4.69, 9.17) is 4.74 Å². The molecule has 5 nitrogen and oxygen atoms in total. The number of nitrogens with zero attached hydrogens (tertiary/aromatic N) is 2. The Morgan fingerprint density at radius 3 is 2.90 bits per heavy atom. The topological polar surface area (TPSA) is 64.1 Å². The standard InChI is InChI=1S/C14H15N3O2S/c1-3-19-12-7-5-4-6-11(12)8-9-13(18)15-14-17-16-10(2)20-14/h4-9H,3H2,1-2H3,(H,15,17,18)/b9-8+. The number of rotatable bonds is 5. The highest BCUT2D eigenvalue weighted by atomic mass is 32.1. The summed E-state index contributed by atoms with van der Waals surface area (Å²) in [6, 6.07) is 7.56. The first-order chi connectivity index (χ1) is 9.69. The molecule has 0 unspecified atom stereocenters. The smallest absolute Gasteiger partial charge is 0.250 e. The summed E-state index contributed by atoms with van der Waals surface area (Å²) in [7, 11) is 0. The molecule has 0 saturated heterocycles. The number of carbonyl (C=O) groups is 1. The van der Waals surface area contributed by atoms with Crippen molar-refractivity contribution in [1.29, 1.82) is 0 Å². The molecule has 1 aromatic carbocycles. The molecule has 2 rings (SSSR count). The molecule has 6 heteroatoms. The molecule has 0 spiro atoms. The van der Waals surface area contributed by atoms with Gasteiger partial charge < -0.3 is 4.74 Å². The van der Waals surface area contributed by atoms with Crippen molar-refractivity contribution in [2.45, 2.75) is 13.8 Å². The molecule has 0 fully saturated rings. The Morgan fingerprint density at radius 1 is 1.40 bits per heavy atom. The van der Waals surface area contributed by atoms with Gasteiger partial charge in [-0.25, -0.2) is 0 Å². The molecule has 1 N–H and O–H groups in total. The van der Waals surface area contributed by atoms with Gasteiger partial charge in [0.1, 0.15) is 10.8 Å². The van der Waals surface area contributed by atoms with Gasteiger partial charge >= 0.3 is 0 Å². The molecule has 0 aliphatic carbocycles. The molecule has 1 amide bonds. The largest absolute Gasteiger partial charge is 0.493 e. The predicted molar refractivity (Wildman–Crippen MR) is 79.9 cm³/mol. The number of nitrogens with one attached hydrogen (secondary N) is 1. The van der Waals surface area contributed by atoms with Crippen molar-refractivity contribution in [2.75, 3.05) is 11.9 Å². The summed E-state index contributed by atoms with van der Waals surface area (Å²) in [6.07, 6.45) is 3.17. The summed E-state index contributed by atoms with van der Waals surface area (Å²) < 4.78 is 5.49. The minimum atomic E-state index is -0.243. The van der Waals surface area contributed by atoms with Crippen LogP contribution in [0.4, 0.5) is 5.13 Å². The quantitative estimate of drug-likeness (QED) is 0.860. The molecular formula is C14H15N3O2S. The van der Waals surface area contributed by atoms with Crippen molar-refractivity contribution in [2.24, 2.45) is 0 Å². The lowest BCUT2D eigenvalue weighted by Crippen LogP contribution is -2.07. The van der Waals surface area contributed by atoms with E-state index in [0.717, 1.165) is 16.3 Å². The van der Waals surface area contributed by atoms with Crippen LogP contribution < -0.4 is 10.1 Å². The van der Waals surface area contributed by atoms with Crippen LogP contribution in [0.25, 0.3) is 6.08 Å². The van der Waals surface area contributed by atoms with Gasteiger partial charge in [0.25, 0.3) is 0 Å². The molecule has 0 atom stereocenters. The molecule has 0 aliphatic rings. The van der Waals surface area contributed by atoms with Gasteiger partial charge in [0.2, 0.25) is 11.0 Å². The Balaban J connectivity index is 2.03. The van der Waals surface area contributed by atoms with Crippen LogP contribution in [0, 0.1) is 6.92 Å². The van der Waals surface area contributed by atoms with Crippen LogP contribution in [0.15, 0.2) is 30.3 Å². The molecule has 0 bridgehead atoms. The first kappa shape index (κ1) is 14.2. The van der Waals surface area contributed by atoms with Crippen LogP contribution in [0.3, 0.4) is 0 Å². The highest BCUT2D eigenvalue weighted by Crippen LogP contribution is 2.19. The molecule has 1 heterocycles. The first-order valence-electron chi connectivity index (χ1n) is 6.20. The second-order valence-electron chi connectivity index (χ2n) is 3.92. The molecule has 0 radical (unpaired) electrons. The van der Waals surface area contributed by atoms with Crippen molar-refractivity contribution in [3.8, 4) is 5.75 Å². The summed E-state index contributed by atoms with van der Waals surface area (Å²) in [5.41, 5.74) is 0.859.